The lowest BCUT2D eigenvalue weighted by Gasteiger charge is -2.72. The number of Topliss-reactive ketones (excluding diaryl/α,β-unsaturated/α-hetero) is 1. The Morgan fingerprint density at radius 2 is 1.54 bits per heavy atom. The van der Waals surface area contributed by atoms with E-state index in [0.29, 0.717) is 29.1 Å². The van der Waals surface area contributed by atoms with Gasteiger partial charge in [-0.05, 0) is 156 Å². The maximum absolute atomic E-state index is 14.1. The van der Waals surface area contributed by atoms with Crippen molar-refractivity contribution < 1.29 is 28.7 Å². The van der Waals surface area contributed by atoms with Gasteiger partial charge >= 0.3 is 11.9 Å². The topological polar surface area (TPSA) is 125 Å². The van der Waals surface area contributed by atoms with E-state index in [1.165, 1.54) is 5.57 Å². The normalized spacial score (nSPS) is 36.0. The minimum atomic E-state index is -0.986. The van der Waals surface area contributed by atoms with Gasteiger partial charge in [0.25, 0.3) is 0 Å². The molecule has 1 aromatic rings. The van der Waals surface area contributed by atoms with Crippen molar-refractivity contribution >= 4 is 35.2 Å². The largest absolute Gasteiger partial charge is 0.462 e. The van der Waals surface area contributed by atoms with E-state index < -0.39 is 22.0 Å². The molecule has 0 spiro atoms. The Labute approximate surface area is 358 Å². The summed E-state index contributed by atoms with van der Waals surface area (Å²) in [4.78, 5) is 63.1. The molecule has 1 heterocycles. The van der Waals surface area contributed by atoms with Crippen LogP contribution < -0.4 is 5.32 Å². The molecule has 1 aromatic heterocycles. The number of aromatic nitrogens is 2. The van der Waals surface area contributed by atoms with Gasteiger partial charge in [-0.25, -0.2) is 9.97 Å². The molecule has 0 aromatic carbocycles. The van der Waals surface area contributed by atoms with Crippen molar-refractivity contribution in [3.63, 3.8) is 0 Å². The van der Waals surface area contributed by atoms with E-state index in [0.717, 1.165) is 69.8 Å². The molecule has 9 nitrogen and oxygen atoms in total. The fourth-order valence-electron chi connectivity index (χ4n) is 13.7. The highest BCUT2D eigenvalue weighted by Crippen LogP contribution is 2.77. The van der Waals surface area contributed by atoms with Gasteiger partial charge in [0.2, 0.25) is 5.91 Å². The molecular weight excluding hydrogens is 762 g/mol. The minimum Gasteiger partial charge on any atom is -0.462 e. The average Bonchev–Trinajstić information content (AvgIpc) is 3.82. The van der Waals surface area contributed by atoms with Crippen molar-refractivity contribution in [2.24, 2.45) is 56.2 Å². The Balaban J connectivity index is 1.11. The van der Waals surface area contributed by atoms with Crippen molar-refractivity contribution in [1.29, 1.82) is 0 Å². The molecule has 59 heavy (non-hydrogen) atoms. The molecule has 324 valence electrons. The molecular formula is C49H70ClN3O6. The average molecular weight is 833 g/mol. The highest BCUT2D eigenvalue weighted by atomic mass is 35.5. The Hall–Kier alpha value is -3.07. The minimum absolute atomic E-state index is 0.0196. The number of amides is 1. The van der Waals surface area contributed by atoms with Crippen LogP contribution in [-0.4, -0.2) is 45.3 Å². The second-order valence-corrected chi connectivity index (χ2v) is 23.3. The van der Waals surface area contributed by atoms with Crippen LogP contribution in [-0.2, 0) is 34.2 Å². The maximum Gasteiger partial charge on any atom is 0.312 e. The predicted molar refractivity (Wildman–Crippen MR) is 229 cm³/mol. The van der Waals surface area contributed by atoms with Crippen LogP contribution in [0, 0.1) is 56.2 Å². The summed E-state index contributed by atoms with van der Waals surface area (Å²) in [7, 11) is 0. The summed E-state index contributed by atoms with van der Waals surface area (Å²) < 4.78 is 12.0. The predicted octanol–water partition coefficient (Wildman–Crippen LogP) is 10.4. The van der Waals surface area contributed by atoms with Crippen molar-refractivity contribution in [2.45, 2.75) is 177 Å². The van der Waals surface area contributed by atoms with Gasteiger partial charge in [0, 0.05) is 29.6 Å². The molecule has 5 saturated carbocycles. The molecule has 0 radical (unpaired) electrons. The Kier molecular flexibility index (Phi) is 10.8. The van der Waals surface area contributed by atoms with Gasteiger partial charge in [-0.2, -0.15) is 0 Å². The molecule has 1 amide bonds. The van der Waals surface area contributed by atoms with E-state index in [-0.39, 0.29) is 69.6 Å². The summed E-state index contributed by atoms with van der Waals surface area (Å²) in [5.74, 6) is 1.13. The fourth-order valence-corrected chi connectivity index (χ4v) is 13.8. The molecule has 0 unspecified atom stereocenters. The summed E-state index contributed by atoms with van der Waals surface area (Å²) in [6, 6.07) is 0. The lowest BCUT2D eigenvalue weighted by Crippen LogP contribution is -2.65. The molecule has 6 aliphatic carbocycles. The molecule has 8 atom stereocenters. The van der Waals surface area contributed by atoms with Crippen LogP contribution in [0.2, 0.25) is 5.02 Å². The third kappa shape index (κ3) is 7.33. The molecule has 0 saturated heterocycles. The zero-order chi connectivity index (χ0) is 43.4. The van der Waals surface area contributed by atoms with Crippen molar-refractivity contribution in [3.05, 3.63) is 46.5 Å². The number of fused-ring (bicyclic) bond motifs is 7. The van der Waals surface area contributed by atoms with Gasteiger partial charge < -0.3 is 14.8 Å². The number of carbonyl (C=O) groups excluding carboxylic acids is 4. The number of halogens is 1. The highest BCUT2D eigenvalue weighted by Gasteiger charge is 2.70. The van der Waals surface area contributed by atoms with Crippen molar-refractivity contribution in [1.82, 2.24) is 15.3 Å². The smallest absolute Gasteiger partial charge is 0.312 e. The first-order valence-corrected chi connectivity index (χ1v) is 22.8. The number of hydrogen-bond acceptors (Lipinski definition) is 8. The zero-order valence-corrected chi connectivity index (χ0v) is 38.7. The number of rotatable bonds is 9. The third-order valence-corrected chi connectivity index (χ3v) is 17.1. The molecule has 1 N–H and O–H groups in total. The van der Waals surface area contributed by atoms with Crippen LogP contribution in [0.3, 0.4) is 0 Å². The number of carbonyl (C=O) groups is 4. The first-order chi connectivity index (χ1) is 27.2. The van der Waals surface area contributed by atoms with E-state index in [2.05, 4.69) is 69.8 Å². The molecule has 0 bridgehead atoms. The highest BCUT2D eigenvalue weighted by molar-refractivity contribution is 6.30. The number of ether oxygens (including phenoxy) is 2. The van der Waals surface area contributed by atoms with E-state index in [9.17, 15) is 19.2 Å². The van der Waals surface area contributed by atoms with Crippen LogP contribution in [0.5, 0.6) is 0 Å². The quantitative estimate of drug-likeness (QED) is 0.193. The maximum atomic E-state index is 14.1. The monoisotopic (exact) mass is 831 g/mol. The second kappa shape index (κ2) is 14.5. The lowest BCUT2D eigenvalue weighted by molar-refractivity contribution is -0.232. The molecule has 7 rings (SSSR count). The summed E-state index contributed by atoms with van der Waals surface area (Å²) in [5.41, 5.74) is -0.493. The number of nitrogens with zero attached hydrogens (tertiary/aromatic N) is 2. The van der Waals surface area contributed by atoms with Gasteiger partial charge in [-0.3, -0.25) is 19.2 Å². The standard InChI is InChI=1S/C49H70ClN3O6/c1-29(2)38-32(54)25-48(20-17-36(55)53-49(23-24-49)40-51-27-30(50)28-52-40)22-21-46(11)31(39(38)48)13-14-34-45(10)18-16-35(44(8,9)33(45)15-19-47(34,46)12)58-37(56)26-43(6,7)41(57)59-42(3,4)5/h17,20,27-29,31,33-35H,13-16,18-19,21-26H2,1-12H3,(H,53,55)/b20-17+/t31-,33+,34-,35+,45+,46-,47-,48+/m1/s1. The summed E-state index contributed by atoms with van der Waals surface area (Å²) >= 11 is 6.05. The van der Waals surface area contributed by atoms with E-state index >= 15 is 0 Å². The third-order valence-electron chi connectivity index (χ3n) is 16.9. The molecule has 0 aliphatic heterocycles. The lowest BCUT2D eigenvalue weighted by atomic mass is 9.33. The van der Waals surface area contributed by atoms with Gasteiger partial charge in [0.1, 0.15) is 17.2 Å². The van der Waals surface area contributed by atoms with Gasteiger partial charge in [0.15, 0.2) is 11.6 Å². The van der Waals surface area contributed by atoms with E-state index in [1.807, 2.05) is 20.8 Å². The van der Waals surface area contributed by atoms with Crippen molar-refractivity contribution in [3.8, 4) is 0 Å². The zero-order valence-electron chi connectivity index (χ0n) is 37.9. The number of ketones is 1. The Morgan fingerprint density at radius 3 is 2.15 bits per heavy atom. The van der Waals surface area contributed by atoms with Gasteiger partial charge in [-0.1, -0.05) is 66.1 Å². The Bertz CT molecular complexity index is 1960. The van der Waals surface area contributed by atoms with Gasteiger partial charge in [-0.15, -0.1) is 0 Å². The molecule has 10 heteroatoms. The summed E-state index contributed by atoms with van der Waals surface area (Å²) in [6.45, 7) is 25.6. The number of hydrogen-bond donors (Lipinski definition) is 1. The fraction of sp³-hybridized carbons (Fsp3) is 0.755. The number of allylic oxidation sites excluding steroid dienone is 3. The Morgan fingerprint density at radius 1 is 0.881 bits per heavy atom. The molecule has 5 fully saturated rings. The SMILES string of the molecule is CC(C)C1=C2[C@H]3CC[C@@H]4[C@@]5(C)CC[C@H](OC(=O)CC(C)(C)C(=O)OC(C)(C)C)C(C)(C)[C@@H]5CC[C@@]4(C)[C@]3(C)CC[C@@]2(/C=C/C(=O)NC2(c3ncc(Cl)cn3)CC2)CC1=O. The van der Waals surface area contributed by atoms with Crippen LogP contribution in [0.1, 0.15) is 166 Å². The van der Waals surface area contributed by atoms with Crippen LogP contribution in [0.15, 0.2) is 35.7 Å². The van der Waals surface area contributed by atoms with Crippen molar-refractivity contribution in [2.75, 3.05) is 0 Å². The first kappa shape index (κ1) is 44.0. The van der Waals surface area contributed by atoms with Crippen LogP contribution in [0.4, 0.5) is 0 Å². The molecule has 6 aliphatic rings. The summed E-state index contributed by atoms with van der Waals surface area (Å²) in [5, 5.41) is 3.66. The van der Waals surface area contributed by atoms with Crippen LogP contribution in [0.25, 0.3) is 0 Å². The number of esters is 2. The summed E-state index contributed by atoms with van der Waals surface area (Å²) in [6.07, 6.45) is 16.5. The number of nitrogens with one attached hydrogen (secondary N) is 1. The van der Waals surface area contributed by atoms with Gasteiger partial charge in [0.05, 0.1) is 16.9 Å². The second-order valence-electron chi connectivity index (χ2n) is 22.9. The van der Waals surface area contributed by atoms with E-state index in [4.69, 9.17) is 21.1 Å². The van der Waals surface area contributed by atoms with E-state index in [1.54, 1.807) is 32.3 Å². The first-order valence-electron chi connectivity index (χ1n) is 22.4. The van der Waals surface area contributed by atoms with Crippen LogP contribution >= 0.6 is 11.6 Å².